The van der Waals surface area contributed by atoms with E-state index in [9.17, 15) is 0 Å². The molecule has 0 bridgehead atoms. The quantitative estimate of drug-likeness (QED) is 0.333. The Hall–Kier alpha value is -1.72. The molecule has 8 nitrogen and oxygen atoms in total. The number of benzene rings is 1. The molecule has 0 saturated carbocycles. The van der Waals surface area contributed by atoms with Crippen molar-refractivity contribution in [1.82, 2.24) is 35.2 Å². The first-order valence-electron chi connectivity index (χ1n) is 9.98. The van der Waals surface area contributed by atoms with Gasteiger partial charge in [0.2, 0.25) is 0 Å². The summed E-state index contributed by atoms with van der Waals surface area (Å²) in [5.74, 6) is 1.63. The highest BCUT2D eigenvalue weighted by molar-refractivity contribution is 14.0. The molecule has 2 aromatic rings. The van der Waals surface area contributed by atoms with Gasteiger partial charge in [-0.1, -0.05) is 31.2 Å². The van der Waals surface area contributed by atoms with Gasteiger partial charge in [0.05, 0.1) is 6.54 Å². The highest BCUT2D eigenvalue weighted by Gasteiger charge is 2.16. The number of aryl methyl sites for hydroxylation is 1. The van der Waals surface area contributed by atoms with Crippen LogP contribution in [0.2, 0.25) is 0 Å². The Labute approximate surface area is 190 Å². The van der Waals surface area contributed by atoms with Crippen molar-refractivity contribution < 1.29 is 0 Å². The summed E-state index contributed by atoms with van der Waals surface area (Å²) in [6, 6.07) is 8.66. The first-order valence-corrected chi connectivity index (χ1v) is 9.98. The van der Waals surface area contributed by atoms with Crippen LogP contribution >= 0.6 is 24.0 Å². The second-order valence-electron chi connectivity index (χ2n) is 7.06. The van der Waals surface area contributed by atoms with Crippen molar-refractivity contribution in [2.45, 2.75) is 26.6 Å². The number of nitrogens with one attached hydrogen (secondary N) is 2. The fourth-order valence-electron chi connectivity index (χ4n) is 3.43. The van der Waals surface area contributed by atoms with Gasteiger partial charge in [0.15, 0.2) is 5.96 Å². The normalized spacial score (nSPS) is 15.8. The van der Waals surface area contributed by atoms with Crippen LogP contribution in [0.25, 0.3) is 0 Å². The Morgan fingerprint density at radius 2 is 1.69 bits per heavy atom. The summed E-state index contributed by atoms with van der Waals surface area (Å²) < 4.78 is 1.76. The molecule has 0 unspecified atom stereocenters. The van der Waals surface area contributed by atoms with Crippen molar-refractivity contribution in [2.24, 2.45) is 12.0 Å². The molecule has 1 aromatic heterocycles. The highest BCUT2D eigenvalue weighted by Crippen LogP contribution is 2.13. The number of halogens is 1. The number of guanidine groups is 1. The number of likely N-dealkylation sites (N-methyl/N-ethyl adjacent to an activating group) is 1. The van der Waals surface area contributed by atoms with E-state index in [0.717, 1.165) is 57.6 Å². The second kappa shape index (κ2) is 12.1. The molecule has 3 rings (SSSR count). The van der Waals surface area contributed by atoms with Crippen LogP contribution in [0.5, 0.6) is 0 Å². The maximum Gasteiger partial charge on any atom is 0.191 e. The number of hydrogen-bond donors (Lipinski definition) is 2. The number of nitrogens with zero attached hydrogens (tertiary/aromatic N) is 6. The van der Waals surface area contributed by atoms with Gasteiger partial charge in [0.25, 0.3) is 0 Å². The molecule has 1 fully saturated rings. The van der Waals surface area contributed by atoms with Gasteiger partial charge in [-0.15, -0.1) is 24.0 Å². The Balaban J connectivity index is 0.00000300. The number of aromatic nitrogens is 3. The van der Waals surface area contributed by atoms with Gasteiger partial charge in [0, 0.05) is 53.4 Å². The molecule has 2 heterocycles. The zero-order chi connectivity index (χ0) is 19.8. The first-order chi connectivity index (χ1) is 13.7. The number of hydrogen-bond acceptors (Lipinski definition) is 5. The molecule has 2 N–H and O–H groups in total. The zero-order valence-electron chi connectivity index (χ0n) is 17.6. The van der Waals surface area contributed by atoms with Crippen LogP contribution in [-0.2, 0) is 26.7 Å². The Morgan fingerprint density at radius 1 is 1.03 bits per heavy atom. The van der Waals surface area contributed by atoms with Gasteiger partial charge in [-0.25, -0.2) is 4.98 Å². The predicted molar refractivity (Wildman–Crippen MR) is 127 cm³/mol. The first kappa shape index (κ1) is 23.6. The summed E-state index contributed by atoms with van der Waals surface area (Å²) >= 11 is 0. The minimum atomic E-state index is 0. The van der Waals surface area contributed by atoms with Gasteiger partial charge in [-0.3, -0.25) is 14.6 Å². The summed E-state index contributed by atoms with van der Waals surface area (Å²) in [5, 5.41) is 10.8. The maximum absolute atomic E-state index is 4.32. The highest BCUT2D eigenvalue weighted by atomic mass is 127. The molecule has 1 aromatic carbocycles. The lowest BCUT2D eigenvalue weighted by Crippen LogP contribution is -2.45. The molecule has 1 aliphatic heterocycles. The molecule has 0 radical (unpaired) electrons. The van der Waals surface area contributed by atoms with Crippen LogP contribution in [0.1, 0.15) is 23.9 Å². The fraction of sp³-hybridized carbons (Fsp3) is 0.550. The Morgan fingerprint density at radius 3 is 2.31 bits per heavy atom. The van der Waals surface area contributed by atoms with Crippen LogP contribution in [0, 0.1) is 0 Å². The lowest BCUT2D eigenvalue weighted by atomic mass is 10.1. The van der Waals surface area contributed by atoms with Crippen LogP contribution in [-0.4, -0.2) is 70.3 Å². The SMILES string of the molecule is CCN1CCN(Cc2ccccc2CNC(=NC)NCc2ncnn2C)CC1.I. The van der Waals surface area contributed by atoms with E-state index in [0.29, 0.717) is 6.54 Å². The van der Waals surface area contributed by atoms with E-state index < -0.39 is 0 Å². The molecule has 1 saturated heterocycles. The number of rotatable bonds is 7. The third kappa shape index (κ3) is 6.93. The zero-order valence-corrected chi connectivity index (χ0v) is 20.0. The second-order valence-corrected chi connectivity index (χ2v) is 7.06. The monoisotopic (exact) mass is 512 g/mol. The number of aliphatic imine (C=N–C) groups is 1. The standard InChI is InChI=1S/C20H32N8.HI/c1-4-27-9-11-28(12-10-27)15-18-8-6-5-7-17(18)13-22-20(21-2)23-14-19-24-16-25-26(19)3;/h5-8,16H,4,9-15H2,1-3H3,(H2,21,22,23);1H. The fourth-order valence-corrected chi connectivity index (χ4v) is 3.43. The third-order valence-corrected chi connectivity index (χ3v) is 5.31. The van der Waals surface area contributed by atoms with Crippen molar-refractivity contribution in [2.75, 3.05) is 39.8 Å². The molecule has 29 heavy (non-hydrogen) atoms. The van der Waals surface area contributed by atoms with Crippen molar-refractivity contribution in [3.63, 3.8) is 0 Å². The molecule has 0 aliphatic carbocycles. The summed E-state index contributed by atoms with van der Waals surface area (Å²) in [7, 11) is 3.67. The molecule has 9 heteroatoms. The van der Waals surface area contributed by atoms with Crippen molar-refractivity contribution in [1.29, 1.82) is 0 Å². The largest absolute Gasteiger partial charge is 0.352 e. The van der Waals surface area contributed by atoms with E-state index >= 15 is 0 Å². The molecule has 160 valence electrons. The third-order valence-electron chi connectivity index (χ3n) is 5.31. The van der Waals surface area contributed by atoms with Crippen LogP contribution in [0.15, 0.2) is 35.6 Å². The molecular weight excluding hydrogens is 479 g/mol. The van der Waals surface area contributed by atoms with E-state index in [-0.39, 0.29) is 24.0 Å². The van der Waals surface area contributed by atoms with Gasteiger partial charge in [0.1, 0.15) is 12.2 Å². The molecule has 1 aliphatic rings. The van der Waals surface area contributed by atoms with Crippen molar-refractivity contribution in [3.05, 3.63) is 47.5 Å². The molecule has 0 amide bonds. The van der Waals surface area contributed by atoms with Crippen LogP contribution in [0.4, 0.5) is 0 Å². The summed E-state index contributed by atoms with van der Waals surface area (Å²) in [6.07, 6.45) is 1.56. The molecule has 0 spiro atoms. The molecular formula is C20H33IN8. The number of piperazine rings is 1. The Kier molecular flexibility index (Phi) is 9.82. The van der Waals surface area contributed by atoms with Gasteiger partial charge in [-0.05, 0) is 17.7 Å². The van der Waals surface area contributed by atoms with E-state index in [1.165, 1.54) is 11.1 Å². The topological polar surface area (TPSA) is 73.6 Å². The van der Waals surface area contributed by atoms with E-state index in [4.69, 9.17) is 0 Å². The van der Waals surface area contributed by atoms with E-state index in [1.807, 2.05) is 7.05 Å². The lowest BCUT2D eigenvalue weighted by Gasteiger charge is -2.34. The van der Waals surface area contributed by atoms with Gasteiger partial charge < -0.3 is 15.5 Å². The Bertz CT molecular complexity index is 767. The maximum atomic E-state index is 4.32. The summed E-state index contributed by atoms with van der Waals surface area (Å²) in [4.78, 5) is 13.6. The van der Waals surface area contributed by atoms with Crippen molar-refractivity contribution >= 4 is 29.9 Å². The van der Waals surface area contributed by atoms with Gasteiger partial charge in [-0.2, -0.15) is 5.10 Å². The van der Waals surface area contributed by atoms with Gasteiger partial charge >= 0.3 is 0 Å². The minimum absolute atomic E-state index is 0. The lowest BCUT2D eigenvalue weighted by molar-refractivity contribution is 0.131. The summed E-state index contributed by atoms with van der Waals surface area (Å²) in [6.45, 7) is 10.3. The average Bonchev–Trinajstić information content (AvgIpc) is 3.14. The smallest absolute Gasteiger partial charge is 0.191 e. The summed E-state index contributed by atoms with van der Waals surface area (Å²) in [5.41, 5.74) is 2.69. The van der Waals surface area contributed by atoms with Crippen molar-refractivity contribution in [3.8, 4) is 0 Å². The molecule has 0 atom stereocenters. The van der Waals surface area contributed by atoms with Crippen LogP contribution in [0.3, 0.4) is 0 Å². The van der Waals surface area contributed by atoms with Crippen LogP contribution < -0.4 is 10.6 Å². The van der Waals surface area contributed by atoms with E-state index in [1.54, 1.807) is 18.1 Å². The average molecular weight is 512 g/mol. The predicted octanol–water partition coefficient (Wildman–Crippen LogP) is 1.44. The van der Waals surface area contributed by atoms with E-state index in [2.05, 4.69) is 66.7 Å². The minimum Gasteiger partial charge on any atom is -0.352 e.